The van der Waals surface area contributed by atoms with Crippen LogP contribution in [0.3, 0.4) is 0 Å². The first-order valence-corrected chi connectivity index (χ1v) is 45.0. The third-order valence-electron chi connectivity index (χ3n) is 15.9. The molecule has 572 valence electrons. The molecule has 12 fully saturated rings. The molecule has 20 nitrogen and oxygen atoms in total. The minimum atomic E-state index is -0.684. The molecule has 30 heteroatoms. The van der Waals surface area contributed by atoms with Gasteiger partial charge < -0.3 is 98.4 Å². The summed E-state index contributed by atoms with van der Waals surface area (Å²) in [5, 5.41) is 94.3. The number of thioether (sulfide) groups is 10. The molecule has 17 atom stereocenters. The number of aliphatic hydroxyl groups is 10. The Hall–Kier alpha value is 2.70. The van der Waals surface area contributed by atoms with E-state index in [0.717, 1.165) is 201 Å². The number of rotatable bonds is 0. The van der Waals surface area contributed by atoms with Gasteiger partial charge in [-0.1, -0.05) is 34.1 Å². The Labute approximate surface area is 620 Å². The standard InChI is InChI=1S/C9H16O2S.C8H14O2S.2C7H14O2S.5C6H12O2S.C5H10O2S/c10-9-5-2-1-4-8(9)11-6-3-7-12-9;9-8-4-1-3-7(8)10-5-2-6-11-8;1-7(2)4-9-3-6(8)10-5-7;1-6-7(2,8)10-5-3-4-9-6;1-5-2-8-3-6(7)9-4-5;1-5-2-3-9-6(7)4-8-5;1-5-2-3-8-4-6(7)9-5;1-6(7)5-8-3-2-4-9-6;1-5-6(7)9-4-2-3-8-5;6-5-4-7-2-1-3-8-5/h8,10H,1-7H2;7,9H,1-6H2;2*6,8H,3-5H2,1-2H3;3*5-7H,2-4H2,1H3;7H,2-5H2,1H3;5-7H,2-4H2,1H3;5-6H,1-4H2. The molecule has 0 bridgehead atoms. The van der Waals surface area contributed by atoms with Crippen molar-refractivity contribution in [2.45, 2.75) is 247 Å². The van der Waals surface area contributed by atoms with Crippen LogP contribution in [0.15, 0.2) is 0 Å². The number of hydrogen-bond donors (Lipinski definition) is 10. The Morgan fingerprint density at radius 1 is 0.385 bits per heavy atom. The smallest absolute Gasteiger partial charge is 0.136 e. The lowest BCUT2D eigenvalue weighted by Crippen LogP contribution is -2.42. The summed E-state index contributed by atoms with van der Waals surface area (Å²) in [6, 6.07) is 0. The summed E-state index contributed by atoms with van der Waals surface area (Å²) >= 11 is 16.0. The number of aliphatic hydroxyl groups excluding tert-OH is 6. The zero-order valence-electron chi connectivity index (χ0n) is 59.2. The molecule has 2 aliphatic carbocycles. The fraction of sp³-hybridized carbons (Fsp3) is 1.00. The number of ether oxygens (including phenoxy) is 10. The molecule has 0 radical (unpaired) electrons. The van der Waals surface area contributed by atoms with Gasteiger partial charge in [0.15, 0.2) is 0 Å². The van der Waals surface area contributed by atoms with Gasteiger partial charge >= 0.3 is 0 Å². The zero-order chi connectivity index (χ0) is 70.7. The van der Waals surface area contributed by atoms with Gasteiger partial charge in [0.2, 0.25) is 0 Å². The van der Waals surface area contributed by atoms with E-state index in [0.29, 0.717) is 56.9 Å². The largest absolute Gasteiger partial charge is 0.380 e. The number of hydrogen-bond acceptors (Lipinski definition) is 30. The van der Waals surface area contributed by atoms with E-state index < -0.39 is 19.7 Å². The molecule has 17 unspecified atom stereocenters. The van der Waals surface area contributed by atoms with Crippen molar-refractivity contribution in [1.82, 2.24) is 0 Å². The summed E-state index contributed by atoms with van der Waals surface area (Å²) in [5.41, 5.74) is -1.58. The summed E-state index contributed by atoms with van der Waals surface area (Å²) in [5.74, 6) is 9.75. The first kappa shape index (κ1) is 92.9. The van der Waals surface area contributed by atoms with Crippen molar-refractivity contribution >= 4 is 118 Å². The molecule has 0 spiro atoms. The summed E-state index contributed by atoms with van der Waals surface area (Å²) in [7, 11) is 0. The monoisotopic (exact) mass is 1560 g/mol. The normalized spacial score (nSPS) is 39.0. The maximum Gasteiger partial charge on any atom is 0.136 e. The van der Waals surface area contributed by atoms with Crippen molar-refractivity contribution in [1.29, 1.82) is 0 Å². The van der Waals surface area contributed by atoms with E-state index in [1.165, 1.54) is 6.42 Å². The molecule has 0 aromatic rings. The molecule has 2 saturated carbocycles. The Balaban J connectivity index is 0.000000278. The molecule has 10 N–H and O–H groups in total. The molecule has 10 aliphatic heterocycles. The van der Waals surface area contributed by atoms with Crippen molar-refractivity contribution in [3.8, 4) is 0 Å². The molecule has 12 rings (SSSR count). The predicted molar refractivity (Wildman–Crippen MR) is 408 cm³/mol. The van der Waals surface area contributed by atoms with Crippen LogP contribution in [0.1, 0.15) is 159 Å². The highest BCUT2D eigenvalue weighted by molar-refractivity contribution is 8.02. The number of fused-ring (bicyclic) bond motifs is 2. The van der Waals surface area contributed by atoms with Crippen LogP contribution in [-0.2, 0) is 47.4 Å². The average molecular weight is 1560 g/mol. The van der Waals surface area contributed by atoms with Gasteiger partial charge in [-0.25, -0.2) is 0 Å². The molecule has 0 aromatic carbocycles. The van der Waals surface area contributed by atoms with Crippen LogP contribution in [0, 0.1) is 11.3 Å². The van der Waals surface area contributed by atoms with Crippen molar-refractivity contribution in [2.75, 3.05) is 151 Å². The van der Waals surface area contributed by atoms with Crippen LogP contribution in [-0.4, -0.2) is 290 Å². The summed E-state index contributed by atoms with van der Waals surface area (Å²) in [6.45, 7) is 28.2. The molecular weight excluding hydrogens is 1430 g/mol. The van der Waals surface area contributed by atoms with E-state index in [9.17, 15) is 25.5 Å². The van der Waals surface area contributed by atoms with Crippen LogP contribution >= 0.6 is 118 Å². The first-order valence-electron chi connectivity index (χ1n) is 34.9. The quantitative estimate of drug-likeness (QED) is 0.108. The minimum Gasteiger partial charge on any atom is -0.380 e. The Kier molecular flexibility index (Phi) is 51.8. The zero-order valence-corrected chi connectivity index (χ0v) is 67.4. The molecular formula is C66H128O20S10. The van der Waals surface area contributed by atoms with E-state index in [1.54, 1.807) is 125 Å². The van der Waals surface area contributed by atoms with Crippen molar-refractivity contribution in [2.24, 2.45) is 11.3 Å². The van der Waals surface area contributed by atoms with E-state index in [4.69, 9.17) is 72.9 Å². The minimum absolute atomic E-state index is 0.0116. The van der Waals surface area contributed by atoms with E-state index >= 15 is 0 Å². The lowest BCUT2D eigenvalue weighted by molar-refractivity contribution is -0.0738. The van der Waals surface area contributed by atoms with Crippen molar-refractivity contribution in [3.05, 3.63) is 0 Å². The van der Waals surface area contributed by atoms with Crippen LogP contribution < -0.4 is 0 Å². The Bertz CT molecular complexity index is 1810. The highest BCUT2D eigenvalue weighted by Crippen LogP contribution is 2.44. The molecule has 0 amide bonds. The van der Waals surface area contributed by atoms with Gasteiger partial charge in [-0.15, -0.1) is 118 Å². The summed E-state index contributed by atoms with van der Waals surface area (Å²) in [4.78, 5) is -2.40. The molecule has 0 aromatic heterocycles. The molecule has 10 saturated heterocycles. The Morgan fingerprint density at radius 3 is 1.62 bits per heavy atom. The third kappa shape index (κ3) is 44.7. The highest BCUT2D eigenvalue weighted by Gasteiger charge is 2.44. The van der Waals surface area contributed by atoms with Crippen LogP contribution in [0.25, 0.3) is 0 Å². The summed E-state index contributed by atoms with van der Waals surface area (Å²) in [6.07, 6.45) is 16.5. The van der Waals surface area contributed by atoms with Gasteiger partial charge in [-0.05, 0) is 176 Å². The SMILES string of the molecule is CC1(C)COCC(O)SC1.CC1(O)COCCCS1.CC1CCOCC(O)S1.CC1CCSC(O)CO1.CC1COCC(O)SC1.CC1OCCCSC1(C)O.CC1OCCCSC1O.OC12CCCC1OCCCS2.OC12CCCCC1OCCCS2.OC1COCCCS1. The van der Waals surface area contributed by atoms with Crippen molar-refractivity contribution < 1.29 is 98.4 Å². The maximum absolute atomic E-state index is 10.2. The van der Waals surface area contributed by atoms with Crippen molar-refractivity contribution in [3.63, 3.8) is 0 Å². The average Bonchev–Trinajstić information content (AvgIpc) is 1.59. The third-order valence-corrected chi connectivity index (χ3v) is 28.6. The van der Waals surface area contributed by atoms with Gasteiger partial charge in [-0.3, -0.25) is 0 Å². The molecule has 12 aliphatic rings. The van der Waals surface area contributed by atoms with Gasteiger partial charge in [-0.2, -0.15) is 0 Å². The lowest BCUT2D eigenvalue weighted by atomic mass is 9.94. The highest BCUT2D eigenvalue weighted by atomic mass is 32.2. The van der Waals surface area contributed by atoms with Crippen LogP contribution in [0.4, 0.5) is 0 Å². The fourth-order valence-corrected chi connectivity index (χ4v) is 19.6. The van der Waals surface area contributed by atoms with E-state index in [-0.39, 0.29) is 62.4 Å². The van der Waals surface area contributed by atoms with Gasteiger partial charge in [0, 0.05) is 63.0 Å². The second-order valence-corrected chi connectivity index (χ2v) is 40.2. The predicted octanol–water partition coefficient (Wildman–Crippen LogP) is 10.0. The van der Waals surface area contributed by atoms with Crippen LogP contribution in [0.5, 0.6) is 0 Å². The van der Waals surface area contributed by atoms with Crippen LogP contribution in [0.2, 0.25) is 0 Å². The van der Waals surface area contributed by atoms with Gasteiger partial charge in [0.1, 0.15) is 52.3 Å². The lowest BCUT2D eigenvalue weighted by Gasteiger charge is -2.37. The Morgan fingerprint density at radius 2 is 0.906 bits per heavy atom. The van der Waals surface area contributed by atoms with E-state index in [1.807, 2.05) is 27.7 Å². The summed E-state index contributed by atoms with van der Waals surface area (Å²) < 4.78 is 52.7. The fourth-order valence-electron chi connectivity index (χ4n) is 9.98. The molecule has 10 heterocycles. The second kappa shape index (κ2) is 53.5. The maximum atomic E-state index is 10.2. The van der Waals surface area contributed by atoms with Gasteiger partial charge in [0.05, 0.1) is 83.4 Å². The first-order chi connectivity index (χ1) is 45.6. The molecule has 96 heavy (non-hydrogen) atoms. The topological polar surface area (TPSA) is 295 Å². The second-order valence-electron chi connectivity index (χ2n) is 26.5. The van der Waals surface area contributed by atoms with Gasteiger partial charge in [0.25, 0.3) is 0 Å². The van der Waals surface area contributed by atoms with E-state index in [2.05, 4.69) is 27.7 Å².